The van der Waals surface area contributed by atoms with Crippen molar-refractivity contribution in [1.29, 1.82) is 0 Å². The molecule has 22 heavy (non-hydrogen) atoms. The van der Waals surface area contributed by atoms with Crippen LogP contribution in [0.3, 0.4) is 0 Å². The lowest BCUT2D eigenvalue weighted by molar-refractivity contribution is 0.380. The van der Waals surface area contributed by atoms with Gasteiger partial charge in [-0.05, 0) is 39.0 Å². The summed E-state index contributed by atoms with van der Waals surface area (Å²) in [6, 6.07) is 0. The van der Waals surface area contributed by atoms with Gasteiger partial charge in [0.1, 0.15) is 17.4 Å². The van der Waals surface area contributed by atoms with Crippen molar-refractivity contribution >= 4 is 5.82 Å². The quantitative estimate of drug-likeness (QED) is 0.917. The van der Waals surface area contributed by atoms with Crippen molar-refractivity contribution in [3.8, 4) is 0 Å². The number of anilines is 1. The second-order valence-electron chi connectivity index (χ2n) is 5.84. The van der Waals surface area contributed by atoms with Gasteiger partial charge in [-0.15, -0.1) is 0 Å². The van der Waals surface area contributed by atoms with E-state index in [2.05, 4.69) is 34.3 Å². The minimum atomic E-state index is 0.721. The SMILES string of the molecule is CCc1noc(CC)c1CNc1nc(C)nc2c1CCCC2. The van der Waals surface area contributed by atoms with E-state index in [-0.39, 0.29) is 0 Å². The molecule has 5 nitrogen and oxygen atoms in total. The fraction of sp³-hybridized carbons (Fsp3) is 0.588. The summed E-state index contributed by atoms with van der Waals surface area (Å²) in [7, 11) is 0. The summed E-state index contributed by atoms with van der Waals surface area (Å²) in [6.45, 7) is 6.89. The molecular formula is C17H24N4O. The average molecular weight is 300 g/mol. The maximum absolute atomic E-state index is 5.44. The Morgan fingerprint density at radius 1 is 1.09 bits per heavy atom. The fourth-order valence-corrected chi connectivity index (χ4v) is 3.17. The molecule has 1 aliphatic rings. The van der Waals surface area contributed by atoms with E-state index >= 15 is 0 Å². The molecule has 0 unspecified atom stereocenters. The van der Waals surface area contributed by atoms with E-state index in [9.17, 15) is 0 Å². The standard InChI is InChI=1S/C17H24N4O/c1-4-14-13(16(5-2)22-21-14)10-18-17-12-8-6-7-9-15(12)19-11(3)20-17/h4-10H2,1-3H3,(H,18,19,20). The van der Waals surface area contributed by atoms with Crippen LogP contribution in [-0.4, -0.2) is 15.1 Å². The van der Waals surface area contributed by atoms with Gasteiger partial charge in [-0.3, -0.25) is 0 Å². The molecule has 0 bridgehead atoms. The molecular weight excluding hydrogens is 276 g/mol. The Labute approximate surface area is 131 Å². The number of aryl methyl sites for hydroxylation is 4. The number of hydrogen-bond donors (Lipinski definition) is 1. The largest absolute Gasteiger partial charge is 0.365 e. The molecule has 2 aromatic rings. The molecule has 0 saturated carbocycles. The summed E-state index contributed by atoms with van der Waals surface area (Å²) in [5, 5.41) is 7.69. The zero-order valence-electron chi connectivity index (χ0n) is 13.7. The van der Waals surface area contributed by atoms with E-state index in [0.29, 0.717) is 0 Å². The topological polar surface area (TPSA) is 63.8 Å². The molecule has 0 aromatic carbocycles. The summed E-state index contributed by atoms with van der Waals surface area (Å²) in [4.78, 5) is 9.23. The van der Waals surface area contributed by atoms with Crippen molar-refractivity contribution in [3.63, 3.8) is 0 Å². The van der Waals surface area contributed by atoms with Crippen molar-refractivity contribution in [2.75, 3.05) is 5.32 Å². The Morgan fingerprint density at radius 2 is 1.91 bits per heavy atom. The Bertz CT molecular complexity index is 641. The maximum atomic E-state index is 5.44. The highest BCUT2D eigenvalue weighted by atomic mass is 16.5. The van der Waals surface area contributed by atoms with Crippen LogP contribution in [0.25, 0.3) is 0 Å². The van der Waals surface area contributed by atoms with Crippen molar-refractivity contribution < 1.29 is 4.52 Å². The normalized spacial score (nSPS) is 14.0. The molecule has 2 heterocycles. The highest BCUT2D eigenvalue weighted by molar-refractivity contribution is 5.48. The van der Waals surface area contributed by atoms with E-state index in [1.165, 1.54) is 29.7 Å². The minimum Gasteiger partial charge on any atom is -0.365 e. The van der Waals surface area contributed by atoms with Crippen molar-refractivity contribution in [2.45, 2.75) is 65.8 Å². The number of aromatic nitrogens is 3. The predicted octanol–water partition coefficient (Wildman–Crippen LogP) is 3.39. The summed E-state index contributed by atoms with van der Waals surface area (Å²) in [6.07, 6.45) is 6.35. The van der Waals surface area contributed by atoms with E-state index < -0.39 is 0 Å². The van der Waals surface area contributed by atoms with Crippen LogP contribution in [0.5, 0.6) is 0 Å². The Hall–Kier alpha value is -1.91. The van der Waals surface area contributed by atoms with Gasteiger partial charge in [0.2, 0.25) is 0 Å². The number of rotatable bonds is 5. The third-order valence-corrected chi connectivity index (χ3v) is 4.33. The number of hydrogen-bond acceptors (Lipinski definition) is 5. The first-order valence-corrected chi connectivity index (χ1v) is 8.29. The highest BCUT2D eigenvalue weighted by Crippen LogP contribution is 2.26. The van der Waals surface area contributed by atoms with E-state index in [1.54, 1.807) is 0 Å². The number of nitrogens with one attached hydrogen (secondary N) is 1. The second-order valence-corrected chi connectivity index (χ2v) is 5.84. The molecule has 3 rings (SSSR count). The van der Waals surface area contributed by atoms with E-state index in [4.69, 9.17) is 4.52 Å². The lowest BCUT2D eigenvalue weighted by Gasteiger charge is -2.19. The van der Waals surface area contributed by atoms with Gasteiger partial charge in [-0.25, -0.2) is 9.97 Å². The average Bonchev–Trinajstić information content (AvgIpc) is 2.94. The highest BCUT2D eigenvalue weighted by Gasteiger charge is 2.18. The molecule has 5 heteroatoms. The Kier molecular flexibility index (Phi) is 4.41. The van der Waals surface area contributed by atoms with Crippen LogP contribution in [0.4, 0.5) is 5.82 Å². The molecule has 2 aromatic heterocycles. The zero-order valence-corrected chi connectivity index (χ0v) is 13.7. The Morgan fingerprint density at radius 3 is 2.68 bits per heavy atom. The van der Waals surface area contributed by atoms with Crippen molar-refractivity contribution in [3.05, 3.63) is 34.1 Å². The van der Waals surface area contributed by atoms with Gasteiger partial charge in [-0.2, -0.15) is 0 Å². The molecule has 1 N–H and O–H groups in total. The molecule has 0 radical (unpaired) electrons. The molecule has 0 atom stereocenters. The molecule has 0 spiro atoms. The van der Waals surface area contributed by atoms with E-state index in [1.807, 2.05) is 6.92 Å². The summed E-state index contributed by atoms with van der Waals surface area (Å²) in [5.74, 6) is 2.82. The first-order chi connectivity index (χ1) is 10.7. The molecule has 0 saturated heterocycles. The fourth-order valence-electron chi connectivity index (χ4n) is 3.17. The molecule has 0 aliphatic heterocycles. The molecule has 118 valence electrons. The lowest BCUT2D eigenvalue weighted by Crippen LogP contribution is -2.14. The van der Waals surface area contributed by atoms with Gasteiger partial charge in [-0.1, -0.05) is 19.0 Å². The lowest BCUT2D eigenvalue weighted by atomic mass is 9.96. The van der Waals surface area contributed by atoms with Crippen LogP contribution >= 0.6 is 0 Å². The van der Waals surface area contributed by atoms with Gasteiger partial charge >= 0.3 is 0 Å². The van der Waals surface area contributed by atoms with Crippen LogP contribution in [0.1, 0.15) is 60.8 Å². The van der Waals surface area contributed by atoms with E-state index in [0.717, 1.165) is 55.3 Å². The van der Waals surface area contributed by atoms with Crippen LogP contribution in [0.15, 0.2) is 4.52 Å². The first kappa shape index (κ1) is 15.0. The number of fused-ring (bicyclic) bond motifs is 1. The van der Waals surface area contributed by atoms with Crippen molar-refractivity contribution in [1.82, 2.24) is 15.1 Å². The van der Waals surface area contributed by atoms with Gasteiger partial charge in [0, 0.05) is 29.8 Å². The Balaban J connectivity index is 1.85. The van der Waals surface area contributed by atoms with Crippen LogP contribution in [0, 0.1) is 6.92 Å². The first-order valence-electron chi connectivity index (χ1n) is 8.29. The van der Waals surface area contributed by atoms with Gasteiger partial charge in [0.25, 0.3) is 0 Å². The van der Waals surface area contributed by atoms with Crippen LogP contribution in [0.2, 0.25) is 0 Å². The molecule has 0 fully saturated rings. The predicted molar refractivity (Wildman–Crippen MR) is 86.0 cm³/mol. The minimum absolute atomic E-state index is 0.721. The summed E-state index contributed by atoms with van der Waals surface area (Å²) in [5.41, 5.74) is 4.75. The molecule has 1 aliphatic carbocycles. The third-order valence-electron chi connectivity index (χ3n) is 4.33. The zero-order chi connectivity index (χ0) is 15.5. The number of nitrogens with zero attached hydrogens (tertiary/aromatic N) is 3. The molecule has 0 amide bonds. The van der Waals surface area contributed by atoms with Gasteiger partial charge < -0.3 is 9.84 Å². The summed E-state index contributed by atoms with van der Waals surface area (Å²) < 4.78 is 5.44. The second kappa shape index (κ2) is 6.46. The maximum Gasteiger partial charge on any atom is 0.141 e. The van der Waals surface area contributed by atoms with Crippen molar-refractivity contribution in [2.24, 2.45) is 0 Å². The van der Waals surface area contributed by atoms with Gasteiger partial charge in [0.15, 0.2) is 0 Å². The van der Waals surface area contributed by atoms with Gasteiger partial charge in [0.05, 0.1) is 5.69 Å². The smallest absolute Gasteiger partial charge is 0.141 e. The monoisotopic (exact) mass is 300 g/mol. The van der Waals surface area contributed by atoms with Crippen LogP contribution < -0.4 is 5.32 Å². The third kappa shape index (κ3) is 2.85. The van der Waals surface area contributed by atoms with Crippen LogP contribution in [-0.2, 0) is 32.2 Å². The summed E-state index contributed by atoms with van der Waals surface area (Å²) >= 11 is 0.